The first-order valence-electron chi connectivity index (χ1n) is 8.44. The highest BCUT2D eigenvalue weighted by Gasteiger charge is 2.49. The van der Waals surface area contributed by atoms with Crippen LogP contribution in [0.4, 0.5) is 4.79 Å². The van der Waals surface area contributed by atoms with Crippen molar-refractivity contribution in [3.63, 3.8) is 0 Å². The molecule has 0 radical (unpaired) electrons. The number of amides is 2. The van der Waals surface area contributed by atoms with Gasteiger partial charge in [-0.05, 0) is 44.4 Å². The summed E-state index contributed by atoms with van der Waals surface area (Å²) in [5.74, 6) is 0.606. The summed E-state index contributed by atoms with van der Waals surface area (Å²) in [5, 5.41) is 3.12. The van der Waals surface area contributed by atoms with E-state index < -0.39 is 0 Å². The molecule has 1 aliphatic heterocycles. The molecule has 1 unspecified atom stereocenters. The van der Waals surface area contributed by atoms with E-state index in [0.717, 1.165) is 45.3 Å². The molecular weight excluding hydrogens is 266 g/mol. The fourth-order valence-electron chi connectivity index (χ4n) is 4.22. The standard InChI is InChI=1S/C16H29N3O2/c1-21-13-5-3-12(4-6-13)9-18-15(20)19-10-14(17)16(11-19)7-2-8-16/h12-14H,2-11,17H2,1H3,(H,18,20). The molecular formula is C16H29N3O2. The number of nitrogens with two attached hydrogens (primary N) is 1. The van der Waals surface area contributed by atoms with Gasteiger partial charge in [-0.3, -0.25) is 0 Å². The van der Waals surface area contributed by atoms with Crippen LogP contribution in [0.2, 0.25) is 0 Å². The Labute approximate surface area is 127 Å². The third-order valence-electron chi connectivity index (χ3n) is 6.02. The van der Waals surface area contributed by atoms with Gasteiger partial charge in [-0.25, -0.2) is 4.79 Å². The maximum absolute atomic E-state index is 12.3. The summed E-state index contributed by atoms with van der Waals surface area (Å²) in [6, 6.07) is 0.261. The number of hydrogen-bond acceptors (Lipinski definition) is 3. The van der Waals surface area contributed by atoms with E-state index in [1.165, 1.54) is 19.3 Å². The van der Waals surface area contributed by atoms with Crippen LogP contribution in [0, 0.1) is 11.3 Å². The molecule has 1 atom stereocenters. The van der Waals surface area contributed by atoms with E-state index in [2.05, 4.69) is 5.32 Å². The Kier molecular flexibility index (Phi) is 4.41. The van der Waals surface area contributed by atoms with Crippen LogP contribution in [0.3, 0.4) is 0 Å². The second kappa shape index (κ2) is 6.13. The smallest absolute Gasteiger partial charge is 0.317 e. The molecule has 1 heterocycles. The third-order valence-corrected chi connectivity index (χ3v) is 6.02. The van der Waals surface area contributed by atoms with Crippen molar-refractivity contribution in [1.82, 2.24) is 10.2 Å². The molecule has 2 aliphatic carbocycles. The summed E-state index contributed by atoms with van der Waals surface area (Å²) < 4.78 is 5.39. The van der Waals surface area contributed by atoms with Crippen LogP contribution in [0.25, 0.3) is 0 Å². The zero-order valence-electron chi connectivity index (χ0n) is 13.1. The van der Waals surface area contributed by atoms with Gasteiger partial charge in [0.05, 0.1) is 6.10 Å². The van der Waals surface area contributed by atoms with Gasteiger partial charge in [-0.2, -0.15) is 0 Å². The molecule has 3 rings (SSSR count). The highest BCUT2D eigenvalue weighted by molar-refractivity contribution is 5.74. The molecule has 0 aromatic heterocycles. The Morgan fingerprint density at radius 1 is 1.33 bits per heavy atom. The largest absolute Gasteiger partial charge is 0.381 e. The summed E-state index contributed by atoms with van der Waals surface area (Å²) in [7, 11) is 1.79. The van der Waals surface area contributed by atoms with Gasteiger partial charge in [0.15, 0.2) is 0 Å². The van der Waals surface area contributed by atoms with Gasteiger partial charge >= 0.3 is 6.03 Å². The van der Waals surface area contributed by atoms with Crippen molar-refractivity contribution in [2.75, 3.05) is 26.7 Å². The molecule has 5 nitrogen and oxygen atoms in total. The molecule has 1 saturated heterocycles. The van der Waals surface area contributed by atoms with E-state index in [4.69, 9.17) is 10.5 Å². The van der Waals surface area contributed by atoms with Crippen molar-refractivity contribution in [2.24, 2.45) is 17.1 Å². The maximum atomic E-state index is 12.3. The van der Waals surface area contributed by atoms with E-state index in [1.54, 1.807) is 7.11 Å². The third kappa shape index (κ3) is 3.04. The number of likely N-dealkylation sites (tertiary alicyclic amines) is 1. The average molecular weight is 295 g/mol. The molecule has 0 aromatic rings. The van der Waals surface area contributed by atoms with Crippen molar-refractivity contribution in [2.45, 2.75) is 57.1 Å². The Morgan fingerprint density at radius 2 is 2.05 bits per heavy atom. The van der Waals surface area contributed by atoms with Crippen LogP contribution in [0.5, 0.6) is 0 Å². The minimum absolute atomic E-state index is 0.0862. The molecule has 3 aliphatic rings. The Hall–Kier alpha value is -0.810. The van der Waals surface area contributed by atoms with Crippen LogP contribution < -0.4 is 11.1 Å². The first kappa shape index (κ1) is 15.1. The van der Waals surface area contributed by atoms with Gasteiger partial charge in [0.25, 0.3) is 0 Å². The van der Waals surface area contributed by atoms with Crippen LogP contribution in [-0.4, -0.2) is 49.8 Å². The van der Waals surface area contributed by atoms with Crippen LogP contribution in [0.1, 0.15) is 44.9 Å². The molecule has 3 N–H and O–H groups in total. The maximum Gasteiger partial charge on any atom is 0.317 e. The van der Waals surface area contributed by atoms with Gasteiger partial charge in [0, 0.05) is 38.2 Å². The second-order valence-corrected chi connectivity index (χ2v) is 7.27. The monoisotopic (exact) mass is 295 g/mol. The van der Waals surface area contributed by atoms with E-state index in [0.29, 0.717) is 12.0 Å². The quantitative estimate of drug-likeness (QED) is 0.833. The number of nitrogens with zero attached hydrogens (tertiary/aromatic N) is 1. The van der Waals surface area contributed by atoms with Crippen molar-refractivity contribution >= 4 is 6.03 Å². The highest BCUT2D eigenvalue weighted by atomic mass is 16.5. The minimum atomic E-state index is 0.0862. The van der Waals surface area contributed by atoms with Crippen molar-refractivity contribution in [3.05, 3.63) is 0 Å². The van der Waals surface area contributed by atoms with Crippen LogP contribution in [0.15, 0.2) is 0 Å². The lowest BCUT2D eigenvalue weighted by molar-refractivity contribution is 0.0569. The molecule has 0 aromatic carbocycles. The number of carbonyl (C=O) groups excluding carboxylic acids is 1. The summed E-state index contributed by atoms with van der Waals surface area (Å²) in [5.41, 5.74) is 6.48. The Bertz CT molecular complexity index is 376. The molecule has 1 spiro atoms. The first-order valence-corrected chi connectivity index (χ1v) is 8.44. The van der Waals surface area contributed by atoms with Crippen molar-refractivity contribution < 1.29 is 9.53 Å². The first-order chi connectivity index (χ1) is 10.1. The zero-order valence-corrected chi connectivity index (χ0v) is 13.1. The van der Waals surface area contributed by atoms with Gasteiger partial charge < -0.3 is 20.7 Å². The number of methoxy groups -OCH3 is 1. The molecule has 0 bridgehead atoms. The minimum Gasteiger partial charge on any atom is -0.381 e. The molecule has 120 valence electrons. The zero-order chi connectivity index (χ0) is 14.9. The van der Waals surface area contributed by atoms with E-state index in [9.17, 15) is 4.79 Å². The van der Waals surface area contributed by atoms with Gasteiger partial charge in [-0.1, -0.05) is 6.42 Å². The van der Waals surface area contributed by atoms with E-state index >= 15 is 0 Å². The van der Waals surface area contributed by atoms with Gasteiger partial charge in [0.2, 0.25) is 0 Å². The topological polar surface area (TPSA) is 67.6 Å². The molecule has 21 heavy (non-hydrogen) atoms. The predicted octanol–water partition coefficient (Wildman–Crippen LogP) is 1.71. The van der Waals surface area contributed by atoms with Gasteiger partial charge in [-0.15, -0.1) is 0 Å². The number of carbonyl (C=O) groups is 1. The Morgan fingerprint density at radius 3 is 2.57 bits per heavy atom. The van der Waals surface area contributed by atoms with Crippen molar-refractivity contribution in [1.29, 1.82) is 0 Å². The van der Waals surface area contributed by atoms with Crippen LogP contribution >= 0.6 is 0 Å². The number of rotatable bonds is 3. The molecule has 2 amide bonds. The number of ether oxygens (including phenoxy) is 1. The number of nitrogens with one attached hydrogen (secondary N) is 1. The fraction of sp³-hybridized carbons (Fsp3) is 0.938. The average Bonchev–Trinajstić information content (AvgIpc) is 2.83. The summed E-state index contributed by atoms with van der Waals surface area (Å²) in [6.07, 6.45) is 8.63. The van der Waals surface area contributed by atoms with E-state index in [-0.39, 0.29) is 17.5 Å². The summed E-state index contributed by atoms with van der Waals surface area (Å²) in [4.78, 5) is 14.3. The molecule has 5 heteroatoms. The lowest BCUT2D eigenvalue weighted by Gasteiger charge is -2.41. The van der Waals surface area contributed by atoms with Gasteiger partial charge in [0.1, 0.15) is 0 Å². The van der Waals surface area contributed by atoms with Crippen molar-refractivity contribution in [3.8, 4) is 0 Å². The SMILES string of the molecule is COC1CCC(CNC(=O)N2CC(N)C3(CCC3)C2)CC1. The normalized spacial score (nSPS) is 34.8. The Balaban J connectivity index is 1.41. The van der Waals surface area contributed by atoms with E-state index in [1.807, 2.05) is 4.90 Å². The molecule has 2 saturated carbocycles. The lowest BCUT2D eigenvalue weighted by atomic mass is 9.66. The number of urea groups is 1. The lowest BCUT2D eigenvalue weighted by Crippen LogP contribution is -2.45. The second-order valence-electron chi connectivity index (χ2n) is 7.27. The summed E-state index contributed by atoms with van der Waals surface area (Å²) in [6.45, 7) is 2.38. The highest BCUT2D eigenvalue weighted by Crippen LogP contribution is 2.47. The predicted molar refractivity (Wildman–Crippen MR) is 82.0 cm³/mol. The number of hydrogen-bond donors (Lipinski definition) is 2. The fourth-order valence-corrected chi connectivity index (χ4v) is 4.22. The molecule has 3 fully saturated rings. The summed E-state index contributed by atoms with van der Waals surface area (Å²) >= 11 is 0. The van der Waals surface area contributed by atoms with Crippen LogP contribution in [-0.2, 0) is 4.74 Å².